The molecule has 1 atom stereocenters. The number of hydrogen-bond donors (Lipinski definition) is 1. The summed E-state index contributed by atoms with van der Waals surface area (Å²) in [5.74, 6) is 0.843. The predicted octanol–water partition coefficient (Wildman–Crippen LogP) is 2.72. The van der Waals surface area contributed by atoms with Crippen LogP contribution in [0.15, 0.2) is 48.7 Å². The molecule has 0 aliphatic carbocycles. The van der Waals surface area contributed by atoms with E-state index < -0.39 is 0 Å². The third-order valence-electron chi connectivity index (χ3n) is 2.82. The van der Waals surface area contributed by atoms with Crippen LogP contribution in [0.3, 0.4) is 0 Å². The second-order valence-corrected chi connectivity index (χ2v) is 4.10. The van der Waals surface area contributed by atoms with E-state index in [0.717, 1.165) is 17.9 Å². The van der Waals surface area contributed by atoms with E-state index in [1.54, 1.807) is 6.20 Å². The van der Waals surface area contributed by atoms with Gasteiger partial charge in [-0.1, -0.05) is 25.1 Å². The lowest BCUT2D eigenvalue weighted by atomic mass is 10.1. The summed E-state index contributed by atoms with van der Waals surface area (Å²) in [7, 11) is 0. The summed E-state index contributed by atoms with van der Waals surface area (Å²) >= 11 is 0. The molecule has 2 aromatic rings. The summed E-state index contributed by atoms with van der Waals surface area (Å²) in [5.41, 5.74) is 7.88. The van der Waals surface area contributed by atoms with E-state index in [2.05, 4.69) is 18.0 Å². The van der Waals surface area contributed by atoms with Gasteiger partial charge in [-0.25, -0.2) is 0 Å². The summed E-state index contributed by atoms with van der Waals surface area (Å²) in [5, 5.41) is 0. The molecule has 1 unspecified atom stereocenters. The van der Waals surface area contributed by atoms with Gasteiger partial charge in [-0.05, 0) is 36.2 Å². The van der Waals surface area contributed by atoms with E-state index in [4.69, 9.17) is 10.5 Å². The molecular formula is C15H18N2O. The zero-order chi connectivity index (χ0) is 12.8. The average Bonchev–Trinajstić information content (AvgIpc) is 2.46. The Morgan fingerprint density at radius 2 is 2.11 bits per heavy atom. The van der Waals surface area contributed by atoms with Gasteiger partial charge in [-0.15, -0.1) is 0 Å². The smallest absolute Gasteiger partial charge is 0.153 e. The Labute approximate surface area is 108 Å². The first-order chi connectivity index (χ1) is 8.83. The summed E-state index contributed by atoms with van der Waals surface area (Å²) < 4.78 is 5.90. The van der Waals surface area contributed by atoms with Crippen LogP contribution in [-0.4, -0.2) is 11.5 Å². The topological polar surface area (TPSA) is 48.1 Å². The Kier molecular flexibility index (Phi) is 4.31. The minimum atomic E-state index is -0.196. The fourth-order valence-electron chi connectivity index (χ4n) is 1.80. The van der Waals surface area contributed by atoms with Crippen molar-refractivity contribution in [3.63, 3.8) is 0 Å². The number of aryl methyl sites for hydroxylation is 1. The van der Waals surface area contributed by atoms with Crippen molar-refractivity contribution in [1.82, 2.24) is 4.98 Å². The standard InChI is InChI=1S/C15H18N2O/c1-2-12-6-5-7-13(10-12)18-15(11-16)14-8-3-4-9-17-14/h3-10,15H,2,11,16H2,1H3. The number of nitrogens with zero attached hydrogens (tertiary/aromatic N) is 1. The lowest BCUT2D eigenvalue weighted by Gasteiger charge is -2.17. The highest BCUT2D eigenvalue weighted by Gasteiger charge is 2.12. The first-order valence-corrected chi connectivity index (χ1v) is 6.20. The summed E-state index contributed by atoms with van der Waals surface area (Å²) in [6.45, 7) is 2.53. The maximum atomic E-state index is 5.90. The minimum Gasteiger partial charge on any atom is -0.483 e. The molecule has 0 radical (unpaired) electrons. The van der Waals surface area contributed by atoms with Crippen LogP contribution in [0.1, 0.15) is 24.3 Å². The van der Waals surface area contributed by atoms with Crippen LogP contribution in [-0.2, 0) is 6.42 Å². The van der Waals surface area contributed by atoms with Gasteiger partial charge in [0.05, 0.1) is 5.69 Å². The highest BCUT2D eigenvalue weighted by atomic mass is 16.5. The van der Waals surface area contributed by atoms with Crippen molar-refractivity contribution in [2.24, 2.45) is 5.73 Å². The largest absolute Gasteiger partial charge is 0.483 e. The third kappa shape index (κ3) is 3.08. The van der Waals surface area contributed by atoms with E-state index in [1.807, 2.05) is 36.4 Å². The lowest BCUT2D eigenvalue weighted by molar-refractivity contribution is 0.209. The zero-order valence-electron chi connectivity index (χ0n) is 10.5. The van der Waals surface area contributed by atoms with Crippen molar-refractivity contribution in [1.29, 1.82) is 0 Å². The molecule has 0 bridgehead atoms. The summed E-state index contributed by atoms with van der Waals surface area (Å²) in [6, 6.07) is 13.8. The Bertz CT molecular complexity index is 485. The van der Waals surface area contributed by atoms with Gasteiger partial charge in [-0.2, -0.15) is 0 Å². The number of ether oxygens (including phenoxy) is 1. The van der Waals surface area contributed by atoms with Crippen molar-refractivity contribution in [2.75, 3.05) is 6.54 Å². The molecule has 0 spiro atoms. The van der Waals surface area contributed by atoms with Crippen molar-refractivity contribution >= 4 is 0 Å². The quantitative estimate of drug-likeness (QED) is 0.877. The third-order valence-corrected chi connectivity index (χ3v) is 2.82. The molecule has 2 rings (SSSR count). The summed E-state index contributed by atoms with van der Waals surface area (Å²) in [4.78, 5) is 4.28. The number of aromatic nitrogens is 1. The van der Waals surface area contributed by atoms with Crippen molar-refractivity contribution in [3.8, 4) is 5.75 Å². The SMILES string of the molecule is CCc1cccc(OC(CN)c2ccccn2)c1. The first-order valence-electron chi connectivity index (χ1n) is 6.20. The molecule has 0 fully saturated rings. The van der Waals surface area contributed by atoms with Crippen LogP contribution in [0.4, 0.5) is 0 Å². The molecule has 0 saturated heterocycles. The normalized spacial score (nSPS) is 12.1. The van der Waals surface area contributed by atoms with Crippen LogP contribution < -0.4 is 10.5 Å². The molecular weight excluding hydrogens is 224 g/mol. The number of benzene rings is 1. The molecule has 94 valence electrons. The number of pyridine rings is 1. The molecule has 3 nitrogen and oxygen atoms in total. The van der Waals surface area contributed by atoms with Crippen molar-refractivity contribution < 1.29 is 4.74 Å². The van der Waals surface area contributed by atoms with Gasteiger partial charge in [0.15, 0.2) is 6.10 Å². The Morgan fingerprint density at radius 1 is 1.22 bits per heavy atom. The molecule has 2 N–H and O–H groups in total. The maximum absolute atomic E-state index is 5.90. The Hall–Kier alpha value is -1.87. The average molecular weight is 242 g/mol. The van der Waals surface area contributed by atoms with E-state index in [1.165, 1.54) is 5.56 Å². The van der Waals surface area contributed by atoms with Crippen molar-refractivity contribution in [2.45, 2.75) is 19.4 Å². The Balaban J connectivity index is 2.15. The van der Waals surface area contributed by atoms with Crippen LogP contribution in [0.2, 0.25) is 0 Å². The van der Waals surface area contributed by atoms with Gasteiger partial charge in [-0.3, -0.25) is 4.98 Å². The molecule has 1 aromatic carbocycles. The highest BCUT2D eigenvalue weighted by Crippen LogP contribution is 2.21. The molecule has 0 saturated carbocycles. The molecule has 1 aromatic heterocycles. The number of hydrogen-bond acceptors (Lipinski definition) is 3. The van der Waals surface area contributed by atoms with Gasteiger partial charge in [0, 0.05) is 12.7 Å². The molecule has 0 aliphatic heterocycles. The minimum absolute atomic E-state index is 0.196. The lowest BCUT2D eigenvalue weighted by Crippen LogP contribution is -2.19. The highest BCUT2D eigenvalue weighted by molar-refractivity contribution is 5.29. The summed E-state index contributed by atoms with van der Waals surface area (Å²) in [6.07, 6.45) is 2.55. The zero-order valence-corrected chi connectivity index (χ0v) is 10.5. The molecule has 18 heavy (non-hydrogen) atoms. The first kappa shape index (κ1) is 12.6. The van der Waals surface area contributed by atoms with Gasteiger partial charge < -0.3 is 10.5 Å². The van der Waals surface area contributed by atoms with Gasteiger partial charge in [0.2, 0.25) is 0 Å². The molecule has 3 heteroatoms. The monoisotopic (exact) mass is 242 g/mol. The van der Waals surface area contributed by atoms with E-state index >= 15 is 0 Å². The fraction of sp³-hybridized carbons (Fsp3) is 0.267. The van der Waals surface area contributed by atoms with Crippen LogP contribution in [0.5, 0.6) is 5.75 Å². The fourth-order valence-corrected chi connectivity index (χ4v) is 1.80. The number of nitrogens with two attached hydrogens (primary N) is 1. The van der Waals surface area contributed by atoms with Gasteiger partial charge in [0.25, 0.3) is 0 Å². The van der Waals surface area contributed by atoms with Crippen LogP contribution in [0, 0.1) is 0 Å². The van der Waals surface area contributed by atoms with Gasteiger partial charge in [0.1, 0.15) is 5.75 Å². The maximum Gasteiger partial charge on any atom is 0.153 e. The second kappa shape index (κ2) is 6.17. The van der Waals surface area contributed by atoms with Gasteiger partial charge >= 0.3 is 0 Å². The number of rotatable bonds is 5. The molecule has 0 aliphatic rings. The van der Waals surface area contributed by atoms with Crippen LogP contribution in [0.25, 0.3) is 0 Å². The molecule has 0 amide bonds. The van der Waals surface area contributed by atoms with E-state index in [0.29, 0.717) is 6.54 Å². The second-order valence-electron chi connectivity index (χ2n) is 4.10. The predicted molar refractivity (Wildman–Crippen MR) is 72.5 cm³/mol. The Morgan fingerprint density at radius 3 is 2.78 bits per heavy atom. The van der Waals surface area contributed by atoms with E-state index in [-0.39, 0.29) is 6.10 Å². The van der Waals surface area contributed by atoms with E-state index in [9.17, 15) is 0 Å². The molecule has 1 heterocycles. The van der Waals surface area contributed by atoms with Crippen LogP contribution >= 0.6 is 0 Å². The van der Waals surface area contributed by atoms with Crippen molar-refractivity contribution in [3.05, 3.63) is 59.9 Å².